The van der Waals surface area contributed by atoms with Crippen molar-refractivity contribution in [3.8, 4) is 0 Å². The van der Waals surface area contributed by atoms with E-state index in [2.05, 4.69) is 37.8 Å². The lowest BCUT2D eigenvalue weighted by atomic mass is 10.2. The fraction of sp³-hybridized carbons (Fsp3) is 0.231. The van der Waals surface area contributed by atoms with Crippen LogP contribution in [0.25, 0.3) is 6.08 Å². The van der Waals surface area contributed by atoms with E-state index in [0.717, 1.165) is 0 Å². The summed E-state index contributed by atoms with van der Waals surface area (Å²) in [7, 11) is -10.3. The minimum Gasteiger partial charge on any atom is -0.384 e. The van der Waals surface area contributed by atoms with Gasteiger partial charge >= 0.3 is 25.4 Å². The number of benzene rings is 1. The minimum absolute atomic E-state index is 1.18. The maximum absolute atomic E-state index is 10.5. The second-order valence-corrected chi connectivity index (χ2v) is 7.23. The fourth-order valence-corrected chi connectivity index (χ4v) is 2.02. The van der Waals surface area contributed by atoms with Gasteiger partial charge in [0, 0.05) is 0 Å². The molecule has 11 heteroatoms. The van der Waals surface area contributed by atoms with E-state index < -0.39 is 43.0 Å². The molecule has 0 aliphatic heterocycles. The van der Waals surface area contributed by atoms with Crippen molar-refractivity contribution in [1.29, 1.82) is 0 Å². The second kappa shape index (κ2) is 8.80. The van der Waals surface area contributed by atoms with E-state index in [1.165, 1.54) is 11.1 Å². The summed E-state index contributed by atoms with van der Waals surface area (Å²) >= 11 is 0. The largest absolute Gasteiger partial charge is 0.384 e. The van der Waals surface area contributed by atoms with Crippen LogP contribution >= 0.6 is 0 Å². The van der Waals surface area contributed by atoms with Gasteiger partial charge in [-0.15, -0.1) is 0 Å². The lowest BCUT2D eigenvalue weighted by Crippen LogP contribution is -2.32. The van der Waals surface area contributed by atoms with Gasteiger partial charge in [0.15, 0.2) is 0 Å². The first-order valence-electron chi connectivity index (χ1n) is 6.18. The van der Waals surface area contributed by atoms with Gasteiger partial charge < -0.3 is 5.11 Å². The van der Waals surface area contributed by atoms with Crippen molar-refractivity contribution < 1.29 is 40.6 Å². The number of carbonyl (C=O) groups excluding carboxylic acids is 2. The molecule has 0 spiro atoms. The summed E-state index contributed by atoms with van der Waals surface area (Å²) in [6, 6.07) is 8.28. The van der Waals surface area contributed by atoms with E-state index in [9.17, 15) is 26.4 Å². The molecule has 9 nitrogen and oxygen atoms in total. The van der Waals surface area contributed by atoms with Crippen molar-refractivity contribution in [2.45, 2.75) is 19.4 Å². The summed E-state index contributed by atoms with van der Waals surface area (Å²) in [5.74, 6) is 0. The van der Waals surface area contributed by atoms with Gasteiger partial charge in [-0.3, -0.25) is 18.7 Å². The summed E-state index contributed by atoms with van der Waals surface area (Å²) in [6.07, 6.45) is -2.16. The first-order chi connectivity index (χ1) is 10.8. The molecule has 1 rings (SSSR count). The highest BCUT2D eigenvalue weighted by atomic mass is 32.2. The predicted octanol–water partition coefficient (Wildman–Crippen LogP) is 0.204. The number of hydrogen-bond acceptors (Lipinski definition) is 7. The first kappa shape index (κ1) is 22.1. The van der Waals surface area contributed by atoms with Crippen LogP contribution in [0.1, 0.15) is 17.5 Å². The zero-order valence-corrected chi connectivity index (χ0v) is 14.1. The molecule has 0 radical (unpaired) electrons. The van der Waals surface area contributed by atoms with Crippen LogP contribution < -0.4 is 0 Å². The SMILES string of the molecule is C=Cc1ccc(C)cc1.O=C(CC(O)C(=O)S(=O)(=O)O)S(=O)(=O)O. The van der Waals surface area contributed by atoms with Gasteiger partial charge in [-0.05, 0) is 12.5 Å². The number of aryl methyl sites for hydroxylation is 1. The molecule has 0 aliphatic carbocycles. The van der Waals surface area contributed by atoms with Crippen LogP contribution in [0.2, 0.25) is 0 Å². The van der Waals surface area contributed by atoms with Gasteiger partial charge in [0.1, 0.15) is 6.10 Å². The van der Waals surface area contributed by atoms with Crippen molar-refractivity contribution in [2.24, 2.45) is 0 Å². The molecular weight excluding hydrogens is 364 g/mol. The highest BCUT2D eigenvalue weighted by Crippen LogP contribution is 2.03. The topological polar surface area (TPSA) is 163 Å². The quantitative estimate of drug-likeness (QED) is 0.619. The second-order valence-electron chi connectivity index (χ2n) is 4.48. The molecule has 0 bridgehead atoms. The van der Waals surface area contributed by atoms with E-state index in [4.69, 9.17) is 14.2 Å². The Kier molecular flexibility index (Phi) is 8.10. The standard InChI is InChI=1S/C9H10.C4H6O9S2/c1-3-9-6-4-8(2)5-7-9;5-2(4(7)15(11,12)13)1-3(6)14(8,9)10/h3-7H,1H2,2H3;2,5H,1H2,(H,8,9,10)(H,11,12,13). The molecule has 1 aromatic carbocycles. The van der Waals surface area contributed by atoms with Gasteiger partial charge in [-0.25, -0.2) is 0 Å². The Hall–Kier alpha value is -1.92. The first-order valence-corrected chi connectivity index (χ1v) is 9.06. The van der Waals surface area contributed by atoms with Crippen LogP contribution in [0.3, 0.4) is 0 Å². The molecule has 0 saturated heterocycles. The lowest BCUT2D eigenvalue weighted by molar-refractivity contribution is -0.124. The van der Waals surface area contributed by atoms with Crippen LogP contribution in [-0.4, -0.2) is 47.4 Å². The Morgan fingerprint density at radius 2 is 1.54 bits per heavy atom. The molecule has 134 valence electrons. The van der Waals surface area contributed by atoms with E-state index in [0.29, 0.717) is 0 Å². The summed E-state index contributed by atoms with van der Waals surface area (Å²) in [6.45, 7) is 5.74. The highest BCUT2D eigenvalue weighted by Gasteiger charge is 2.32. The van der Waals surface area contributed by atoms with Gasteiger partial charge in [0.25, 0.3) is 5.12 Å². The average Bonchev–Trinajstić information content (AvgIpc) is 2.46. The number of rotatable bonds is 4. The van der Waals surface area contributed by atoms with Crippen molar-refractivity contribution in [1.82, 2.24) is 0 Å². The molecule has 0 heterocycles. The molecule has 3 N–H and O–H groups in total. The Morgan fingerprint density at radius 3 is 1.88 bits per heavy atom. The van der Waals surface area contributed by atoms with Crippen molar-refractivity contribution in [3.63, 3.8) is 0 Å². The fourth-order valence-electron chi connectivity index (χ4n) is 1.22. The third-order valence-corrected chi connectivity index (χ3v) is 4.01. The Bertz CT molecular complexity index is 806. The summed E-state index contributed by atoms with van der Waals surface area (Å²) in [5, 5.41) is 4.64. The molecule has 1 atom stereocenters. The van der Waals surface area contributed by atoms with E-state index in [1.54, 1.807) is 0 Å². The molecule has 24 heavy (non-hydrogen) atoms. The van der Waals surface area contributed by atoms with Gasteiger partial charge in [0.05, 0.1) is 6.42 Å². The van der Waals surface area contributed by atoms with Crippen LogP contribution in [0.5, 0.6) is 0 Å². The minimum atomic E-state index is -5.21. The molecule has 0 saturated carbocycles. The smallest absolute Gasteiger partial charge is 0.331 e. The third kappa shape index (κ3) is 8.08. The number of hydrogen-bond donors (Lipinski definition) is 3. The Morgan fingerprint density at radius 1 is 1.08 bits per heavy atom. The number of carbonyl (C=O) groups is 2. The van der Waals surface area contributed by atoms with E-state index in [-0.39, 0.29) is 0 Å². The van der Waals surface area contributed by atoms with Crippen LogP contribution in [0.4, 0.5) is 0 Å². The Balaban J connectivity index is 0.000000496. The Labute approximate surface area is 139 Å². The van der Waals surface area contributed by atoms with Crippen LogP contribution in [0.15, 0.2) is 30.8 Å². The molecule has 1 aromatic rings. The monoisotopic (exact) mass is 380 g/mol. The number of aliphatic hydroxyl groups excluding tert-OH is 1. The average molecular weight is 380 g/mol. The molecule has 0 amide bonds. The zero-order valence-electron chi connectivity index (χ0n) is 12.5. The predicted molar refractivity (Wildman–Crippen MR) is 85.0 cm³/mol. The molecule has 1 unspecified atom stereocenters. The molecule has 0 fully saturated rings. The summed E-state index contributed by atoms with van der Waals surface area (Å²) in [4.78, 5) is 21.0. The molecular formula is C13H16O9S2. The van der Waals surface area contributed by atoms with Crippen molar-refractivity contribution >= 4 is 36.5 Å². The van der Waals surface area contributed by atoms with Crippen molar-refractivity contribution in [3.05, 3.63) is 42.0 Å². The van der Waals surface area contributed by atoms with Crippen LogP contribution in [-0.2, 0) is 29.8 Å². The van der Waals surface area contributed by atoms with Gasteiger partial charge in [-0.1, -0.05) is 42.5 Å². The number of aliphatic hydroxyl groups is 1. The maximum atomic E-state index is 10.5. The molecule has 0 aliphatic rings. The zero-order chi connectivity index (χ0) is 19.1. The van der Waals surface area contributed by atoms with E-state index >= 15 is 0 Å². The lowest BCUT2D eigenvalue weighted by Gasteiger charge is -2.04. The van der Waals surface area contributed by atoms with Gasteiger partial charge in [0.2, 0.25) is 0 Å². The third-order valence-electron chi connectivity index (χ3n) is 2.49. The molecule has 0 aromatic heterocycles. The van der Waals surface area contributed by atoms with Crippen molar-refractivity contribution in [2.75, 3.05) is 0 Å². The summed E-state index contributed by atoms with van der Waals surface area (Å²) < 4.78 is 56.7. The van der Waals surface area contributed by atoms with Gasteiger partial charge in [-0.2, -0.15) is 16.8 Å². The highest BCUT2D eigenvalue weighted by molar-refractivity contribution is 8.01. The van der Waals surface area contributed by atoms with Crippen LogP contribution in [0, 0.1) is 6.92 Å². The normalized spacial score (nSPS) is 12.5. The maximum Gasteiger partial charge on any atom is 0.331 e. The summed E-state index contributed by atoms with van der Waals surface area (Å²) in [5.41, 5.74) is 2.47. The van der Waals surface area contributed by atoms with E-state index in [1.807, 2.05) is 6.08 Å².